The van der Waals surface area contributed by atoms with Gasteiger partial charge >= 0.3 is 6.03 Å². The highest BCUT2D eigenvalue weighted by Gasteiger charge is 2.32. The van der Waals surface area contributed by atoms with Crippen molar-refractivity contribution in [3.8, 4) is 0 Å². The highest BCUT2D eigenvalue weighted by atomic mass is 32.2. The van der Waals surface area contributed by atoms with Crippen LogP contribution in [0.15, 0.2) is 96.7 Å². The zero-order chi connectivity index (χ0) is 24.7. The molecule has 8 nitrogen and oxygen atoms in total. The number of benzene rings is 2. The van der Waals surface area contributed by atoms with Crippen molar-refractivity contribution in [2.45, 2.75) is 16.8 Å². The average molecular weight is 492 g/mol. The van der Waals surface area contributed by atoms with E-state index in [9.17, 15) is 13.2 Å². The number of pyridine rings is 1. The number of urea groups is 1. The van der Waals surface area contributed by atoms with Crippen molar-refractivity contribution in [2.24, 2.45) is 0 Å². The number of amides is 2. The summed E-state index contributed by atoms with van der Waals surface area (Å²) < 4.78 is 26.7. The number of carbonyl (C=O) groups is 1. The minimum Gasteiger partial charge on any atom is -0.369 e. The highest BCUT2D eigenvalue weighted by molar-refractivity contribution is 7.92. The van der Waals surface area contributed by atoms with Crippen molar-refractivity contribution in [2.75, 3.05) is 36.4 Å². The number of rotatable bonds is 8. The lowest BCUT2D eigenvalue weighted by Gasteiger charge is -2.38. The molecule has 2 N–H and O–H groups in total. The second-order valence-corrected chi connectivity index (χ2v) is 10.3. The van der Waals surface area contributed by atoms with Gasteiger partial charge in [0.1, 0.15) is 5.37 Å². The summed E-state index contributed by atoms with van der Waals surface area (Å²) in [7, 11) is -3.67. The molecule has 2 amide bonds. The second kappa shape index (κ2) is 11.2. The van der Waals surface area contributed by atoms with Gasteiger partial charge in [-0.1, -0.05) is 30.3 Å². The lowest BCUT2D eigenvalue weighted by atomic mass is 10.2. The Hall–Kier alpha value is -3.69. The first-order valence-corrected chi connectivity index (χ1v) is 13.0. The number of nitrogens with one attached hydrogen (secondary N) is 2. The van der Waals surface area contributed by atoms with Crippen LogP contribution in [-0.4, -0.2) is 55.9 Å². The average Bonchev–Trinajstić information content (AvgIpc) is 2.90. The zero-order valence-corrected chi connectivity index (χ0v) is 20.2. The summed E-state index contributed by atoms with van der Waals surface area (Å²) in [5.41, 5.74) is 2.51. The van der Waals surface area contributed by atoms with Crippen molar-refractivity contribution in [1.29, 1.82) is 0 Å². The van der Waals surface area contributed by atoms with Crippen molar-refractivity contribution in [3.63, 3.8) is 0 Å². The van der Waals surface area contributed by atoms with E-state index in [0.29, 0.717) is 25.3 Å². The van der Waals surface area contributed by atoms with Crippen LogP contribution >= 0.6 is 0 Å². The van der Waals surface area contributed by atoms with Crippen LogP contribution in [-0.2, 0) is 16.4 Å². The van der Waals surface area contributed by atoms with E-state index in [1.54, 1.807) is 30.6 Å². The first-order chi connectivity index (χ1) is 17.0. The van der Waals surface area contributed by atoms with Crippen LogP contribution < -0.4 is 15.5 Å². The molecular weight excluding hydrogens is 462 g/mol. The summed E-state index contributed by atoms with van der Waals surface area (Å²) >= 11 is 0. The summed E-state index contributed by atoms with van der Waals surface area (Å²) in [5, 5.41) is 4.64. The Balaban J connectivity index is 1.35. The quantitative estimate of drug-likeness (QED) is 0.469. The smallest absolute Gasteiger partial charge is 0.319 e. The Morgan fingerprint density at radius 3 is 2.34 bits per heavy atom. The van der Waals surface area contributed by atoms with E-state index in [1.165, 1.54) is 18.2 Å². The SMILES string of the molecule is C=CC(N1CCN(c2ccccc2)CC1)S(=O)(=O)c1ccc(NC(=O)NCc2cccnc2)cc1. The third-order valence-corrected chi connectivity index (χ3v) is 7.99. The molecule has 1 aliphatic rings. The number of hydrogen-bond donors (Lipinski definition) is 2. The number of carbonyl (C=O) groups excluding carboxylic acids is 1. The number of hydrogen-bond acceptors (Lipinski definition) is 6. The number of anilines is 2. The van der Waals surface area contributed by atoms with Gasteiger partial charge in [-0.15, -0.1) is 6.58 Å². The van der Waals surface area contributed by atoms with E-state index in [1.807, 2.05) is 29.2 Å². The Morgan fingerprint density at radius 2 is 1.71 bits per heavy atom. The first kappa shape index (κ1) is 24.4. The van der Waals surface area contributed by atoms with Gasteiger partial charge in [0.05, 0.1) is 4.90 Å². The van der Waals surface area contributed by atoms with Gasteiger partial charge in [0.15, 0.2) is 9.84 Å². The lowest BCUT2D eigenvalue weighted by molar-refractivity contribution is 0.251. The fourth-order valence-corrected chi connectivity index (χ4v) is 5.72. The molecule has 1 aromatic heterocycles. The highest BCUT2D eigenvalue weighted by Crippen LogP contribution is 2.24. The number of para-hydroxylation sites is 1. The van der Waals surface area contributed by atoms with Crippen molar-refractivity contribution in [1.82, 2.24) is 15.2 Å². The third-order valence-electron chi connectivity index (χ3n) is 5.93. The van der Waals surface area contributed by atoms with Gasteiger partial charge in [0.2, 0.25) is 0 Å². The minimum absolute atomic E-state index is 0.189. The molecule has 1 saturated heterocycles. The number of aromatic nitrogens is 1. The molecule has 0 saturated carbocycles. The number of sulfone groups is 1. The molecule has 1 unspecified atom stereocenters. The van der Waals surface area contributed by atoms with Gasteiger partial charge < -0.3 is 15.5 Å². The van der Waals surface area contributed by atoms with Crippen LogP contribution in [0, 0.1) is 0 Å². The third kappa shape index (κ3) is 6.06. The Morgan fingerprint density at radius 1 is 1.00 bits per heavy atom. The van der Waals surface area contributed by atoms with E-state index in [0.717, 1.165) is 24.3 Å². The van der Waals surface area contributed by atoms with Crippen LogP contribution in [0.4, 0.5) is 16.2 Å². The van der Waals surface area contributed by atoms with E-state index < -0.39 is 15.2 Å². The van der Waals surface area contributed by atoms with Gasteiger partial charge in [0.25, 0.3) is 0 Å². The standard InChI is InChI=1S/C26H29N5O3S/c1-2-25(31-17-15-30(16-18-31)23-8-4-3-5-9-23)35(33,34)24-12-10-22(11-13-24)29-26(32)28-20-21-7-6-14-27-19-21/h2-14,19,25H,1,15-18,20H2,(H2,28,29,32). The predicted octanol–water partition coefficient (Wildman–Crippen LogP) is 3.51. The van der Waals surface area contributed by atoms with E-state index in [4.69, 9.17) is 0 Å². The summed E-state index contributed by atoms with van der Waals surface area (Å²) in [6.07, 6.45) is 4.84. The molecule has 2 aromatic carbocycles. The second-order valence-electron chi connectivity index (χ2n) is 8.22. The maximum atomic E-state index is 13.4. The van der Waals surface area contributed by atoms with Crippen LogP contribution in [0.25, 0.3) is 0 Å². The molecule has 3 aromatic rings. The molecule has 0 radical (unpaired) electrons. The largest absolute Gasteiger partial charge is 0.369 e. The van der Waals surface area contributed by atoms with E-state index >= 15 is 0 Å². The molecule has 1 aliphatic heterocycles. The van der Waals surface area contributed by atoms with E-state index in [-0.39, 0.29) is 10.9 Å². The van der Waals surface area contributed by atoms with Crippen molar-refractivity contribution in [3.05, 3.63) is 97.3 Å². The summed E-state index contributed by atoms with van der Waals surface area (Å²) in [5.74, 6) is 0. The maximum absolute atomic E-state index is 13.4. The molecule has 9 heteroatoms. The fraction of sp³-hybridized carbons (Fsp3) is 0.231. The Bertz CT molecular complexity index is 1230. The molecule has 2 heterocycles. The van der Waals surface area contributed by atoms with Crippen LogP contribution in [0.2, 0.25) is 0 Å². The first-order valence-electron chi connectivity index (χ1n) is 11.4. The maximum Gasteiger partial charge on any atom is 0.319 e. The van der Waals surface area contributed by atoms with Gasteiger partial charge in [0, 0.05) is 56.5 Å². The van der Waals surface area contributed by atoms with Gasteiger partial charge in [-0.3, -0.25) is 9.88 Å². The molecule has 1 fully saturated rings. The lowest BCUT2D eigenvalue weighted by Crippen LogP contribution is -2.52. The normalized spacial score (nSPS) is 15.3. The molecule has 0 aliphatic carbocycles. The van der Waals surface area contributed by atoms with Gasteiger partial charge in [-0.05, 0) is 48.0 Å². The summed E-state index contributed by atoms with van der Waals surface area (Å²) in [6, 6.07) is 19.6. The molecular formula is C26H29N5O3S. The van der Waals surface area contributed by atoms with Gasteiger partial charge in [-0.2, -0.15) is 0 Å². The van der Waals surface area contributed by atoms with Crippen LogP contribution in [0.5, 0.6) is 0 Å². The Kier molecular flexibility index (Phi) is 7.79. The van der Waals surface area contributed by atoms with Crippen LogP contribution in [0.3, 0.4) is 0 Å². The van der Waals surface area contributed by atoms with E-state index in [2.05, 4.69) is 39.2 Å². The predicted molar refractivity (Wildman–Crippen MR) is 138 cm³/mol. The molecule has 0 spiro atoms. The van der Waals surface area contributed by atoms with Crippen molar-refractivity contribution < 1.29 is 13.2 Å². The van der Waals surface area contributed by atoms with Crippen LogP contribution in [0.1, 0.15) is 5.56 Å². The van der Waals surface area contributed by atoms with Gasteiger partial charge in [-0.25, -0.2) is 13.2 Å². The molecule has 1 atom stereocenters. The summed E-state index contributed by atoms with van der Waals surface area (Å²) in [6.45, 7) is 6.84. The fourth-order valence-electron chi connectivity index (χ4n) is 4.07. The molecule has 35 heavy (non-hydrogen) atoms. The zero-order valence-electron chi connectivity index (χ0n) is 19.4. The molecule has 182 valence electrons. The number of nitrogens with zero attached hydrogens (tertiary/aromatic N) is 3. The minimum atomic E-state index is -3.67. The topological polar surface area (TPSA) is 94.6 Å². The molecule has 0 bridgehead atoms. The molecule has 4 rings (SSSR count). The summed E-state index contributed by atoms with van der Waals surface area (Å²) in [4.78, 5) is 20.6. The van der Waals surface area contributed by atoms with Crippen molar-refractivity contribution >= 4 is 27.2 Å². The number of piperazine rings is 1. The monoisotopic (exact) mass is 491 g/mol. The Labute approximate surface area is 206 Å².